The quantitative estimate of drug-likeness (QED) is 0.528. The lowest BCUT2D eigenvalue weighted by Crippen LogP contribution is -2.40. The van der Waals surface area contributed by atoms with E-state index in [1.54, 1.807) is 0 Å². The number of nitrogens with two attached hydrogens (primary N) is 1. The third kappa shape index (κ3) is 3.59. The van der Waals surface area contributed by atoms with Crippen LogP contribution in [0, 0.1) is 6.92 Å². The highest BCUT2D eigenvalue weighted by Crippen LogP contribution is 2.07. The molecule has 0 aliphatic heterocycles. The molecule has 0 fully saturated rings. The first kappa shape index (κ1) is 13.2. The van der Waals surface area contributed by atoms with Crippen molar-refractivity contribution in [3.63, 3.8) is 0 Å². The Morgan fingerprint density at radius 3 is 2.88 bits per heavy atom. The molecule has 5 nitrogen and oxygen atoms in total. The van der Waals surface area contributed by atoms with E-state index in [0.29, 0.717) is 13.2 Å². The van der Waals surface area contributed by atoms with Gasteiger partial charge in [0.05, 0.1) is 12.3 Å². The van der Waals surface area contributed by atoms with Gasteiger partial charge in [-0.25, -0.2) is 0 Å². The molecule has 0 aromatic carbocycles. The molecule has 0 radical (unpaired) electrons. The molecule has 1 atom stereocenters. The minimum atomic E-state index is 0.140. The van der Waals surface area contributed by atoms with Gasteiger partial charge in [-0.15, -0.1) is 0 Å². The average molecular weight is 226 g/mol. The van der Waals surface area contributed by atoms with Crippen molar-refractivity contribution >= 4 is 0 Å². The molecule has 0 aliphatic rings. The number of nitrogens with one attached hydrogen (secondary N) is 1. The summed E-state index contributed by atoms with van der Waals surface area (Å²) in [4.78, 5) is 0. The number of nitrogens with zero attached hydrogens (tertiary/aromatic N) is 2. The maximum atomic E-state index is 5.50. The van der Waals surface area contributed by atoms with Crippen molar-refractivity contribution in [1.82, 2.24) is 15.2 Å². The van der Waals surface area contributed by atoms with Crippen molar-refractivity contribution < 1.29 is 4.74 Å². The van der Waals surface area contributed by atoms with Gasteiger partial charge in [-0.3, -0.25) is 16.0 Å². The first-order valence-corrected chi connectivity index (χ1v) is 5.78. The minimum absolute atomic E-state index is 0.140. The zero-order chi connectivity index (χ0) is 12.0. The topological polar surface area (TPSA) is 65.1 Å². The Balaban J connectivity index is 2.61. The Morgan fingerprint density at radius 2 is 2.31 bits per heavy atom. The standard InChI is InChI=1S/C11H22N4O/c1-4-15-11(6-9(3)14-15)7-10(13-12)8-16-5-2/h6,10,13H,4-5,7-8,12H2,1-3H3. The Morgan fingerprint density at radius 1 is 1.56 bits per heavy atom. The number of ether oxygens (including phenoxy) is 1. The number of hydrogen-bond donors (Lipinski definition) is 2. The third-order valence-corrected chi connectivity index (χ3v) is 2.50. The second kappa shape index (κ2) is 6.62. The Bertz CT molecular complexity index is 311. The Kier molecular flexibility index (Phi) is 5.45. The Hall–Kier alpha value is -0.910. The molecule has 1 rings (SSSR count). The van der Waals surface area contributed by atoms with Crippen LogP contribution in [-0.2, 0) is 17.7 Å². The second-order valence-electron chi connectivity index (χ2n) is 3.82. The van der Waals surface area contributed by atoms with Crippen LogP contribution in [-0.4, -0.2) is 29.0 Å². The van der Waals surface area contributed by atoms with Crippen LogP contribution in [0.25, 0.3) is 0 Å². The van der Waals surface area contributed by atoms with Crippen molar-refractivity contribution in [2.24, 2.45) is 5.84 Å². The molecule has 0 saturated heterocycles. The first-order valence-electron chi connectivity index (χ1n) is 5.78. The summed E-state index contributed by atoms with van der Waals surface area (Å²) in [5.74, 6) is 5.50. The number of aromatic nitrogens is 2. The molecule has 0 spiro atoms. The molecule has 16 heavy (non-hydrogen) atoms. The summed E-state index contributed by atoms with van der Waals surface area (Å²) in [6.07, 6.45) is 0.838. The van der Waals surface area contributed by atoms with Crippen LogP contribution in [0.2, 0.25) is 0 Å². The van der Waals surface area contributed by atoms with E-state index in [0.717, 1.165) is 18.7 Å². The van der Waals surface area contributed by atoms with Gasteiger partial charge < -0.3 is 4.74 Å². The van der Waals surface area contributed by atoms with E-state index in [9.17, 15) is 0 Å². The van der Waals surface area contributed by atoms with Crippen molar-refractivity contribution in [1.29, 1.82) is 0 Å². The van der Waals surface area contributed by atoms with Crippen LogP contribution < -0.4 is 11.3 Å². The van der Waals surface area contributed by atoms with E-state index in [-0.39, 0.29) is 6.04 Å². The largest absolute Gasteiger partial charge is 0.380 e. The fourth-order valence-electron chi connectivity index (χ4n) is 1.72. The number of hydrazine groups is 1. The van der Waals surface area contributed by atoms with E-state index in [1.807, 2.05) is 18.5 Å². The van der Waals surface area contributed by atoms with Crippen LogP contribution in [0.4, 0.5) is 0 Å². The van der Waals surface area contributed by atoms with Gasteiger partial charge in [-0.05, 0) is 26.8 Å². The monoisotopic (exact) mass is 226 g/mol. The van der Waals surface area contributed by atoms with Gasteiger partial charge in [-0.2, -0.15) is 5.10 Å². The summed E-state index contributed by atoms with van der Waals surface area (Å²) in [6.45, 7) is 8.29. The fourth-order valence-corrected chi connectivity index (χ4v) is 1.72. The lowest BCUT2D eigenvalue weighted by Gasteiger charge is -2.15. The van der Waals surface area contributed by atoms with E-state index < -0.39 is 0 Å². The molecule has 1 aromatic rings. The van der Waals surface area contributed by atoms with Gasteiger partial charge in [0.15, 0.2) is 0 Å². The van der Waals surface area contributed by atoms with Crippen LogP contribution in [0.1, 0.15) is 25.2 Å². The lowest BCUT2D eigenvalue weighted by atomic mass is 10.1. The zero-order valence-electron chi connectivity index (χ0n) is 10.4. The molecule has 92 valence electrons. The maximum Gasteiger partial charge on any atom is 0.0636 e. The average Bonchev–Trinajstić information content (AvgIpc) is 2.64. The number of aryl methyl sites for hydroxylation is 2. The second-order valence-corrected chi connectivity index (χ2v) is 3.82. The number of rotatable bonds is 7. The molecular formula is C11H22N4O. The van der Waals surface area contributed by atoms with Gasteiger partial charge in [-0.1, -0.05) is 0 Å². The van der Waals surface area contributed by atoms with Crippen molar-refractivity contribution in [2.45, 2.75) is 39.8 Å². The van der Waals surface area contributed by atoms with Gasteiger partial charge in [0.1, 0.15) is 0 Å². The van der Waals surface area contributed by atoms with E-state index >= 15 is 0 Å². The smallest absolute Gasteiger partial charge is 0.0636 e. The first-order chi connectivity index (χ1) is 7.71. The van der Waals surface area contributed by atoms with Crippen LogP contribution in [0.15, 0.2) is 6.07 Å². The Labute approximate surface area is 96.9 Å². The normalized spacial score (nSPS) is 13.0. The summed E-state index contributed by atoms with van der Waals surface area (Å²) in [6, 6.07) is 2.24. The minimum Gasteiger partial charge on any atom is -0.380 e. The van der Waals surface area contributed by atoms with Crippen LogP contribution >= 0.6 is 0 Å². The predicted molar refractivity (Wildman–Crippen MR) is 63.9 cm³/mol. The maximum absolute atomic E-state index is 5.50. The van der Waals surface area contributed by atoms with Gasteiger partial charge in [0.25, 0.3) is 0 Å². The fraction of sp³-hybridized carbons (Fsp3) is 0.727. The van der Waals surface area contributed by atoms with Crippen molar-refractivity contribution in [2.75, 3.05) is 13.2 Å². The van der Waals surface area contributed by atoms with Crippen LogP contribution in [0.5, 0.6) is 0 Å². The predicted octanol–water partition coefficient (Wildman–Crippen LogP) is 0.622. The van der Waals surface area contributed by atoms with Gasteiger partial charge in [0, 0.05) is 31.3 Å². The molecule has 0 aliphatic carbocycles. The number of hydrogen-bond acceptors (Lipinski definition) is 4. The highest BCUT2D eigenvalue weighted by Gasteiger charge is 2.11. The highest BCUT2D eigenvalue weighted by atomic mass is 16.5. The molecule has 0 bridgehead atoms. The van der Waals surface area contributed by atoms with Gasteiger partial charge >= 0.3 is 0 Å². The summed E-state index contributed by atoms with van der Waals surface area (Å²) in [7, 11) is 0. The molecule has 1 unspecified atom stereocenters. The summed E-state index contributed by atoms with van der Waals surface area (Å²) >= 11 is 0. The SMILES string of the molecule is CCOCC(Cc1cc(C)nn1CC)NN. The lowest BCUT2D eigenvalue weighted by molar-refractivity contribution is 0.122. The van der Waals surface area contributed by atoms with Gasteiger partial charge in [0.2, 0.25) is 0 Å². The van der Waals surface area contributed by atoms with E-state index in [4.69, 9.17) is 10.6 Å². The summed E-state index contributed by atoms with van der Waals surface area (Å²) < 4.78 is 7.37. The molecular weight excluding hydrogens is 204 g/mol. The highest BCUT2D eigenvalue weighted by molar-refractivity contribution is 5.10. The van der Waals surface area contributed by atoms with Crippen molar-refractivity contribution in [3.8, 4) is 0 Å². The van der Waals surface area contributed by atoms with Crippen LogP contribution in [0.3, 0.4) is 0 Å². The van der Waals surface area contributed by atoms with Crippen molar-refractivity contribution in [3.05, 3.63) is 17.5 Å². The molecule has 1 heterocycles. The molecule has 0 saturated carbocycles. The molecule has 5 heteroatoms. The van der Waals surface area contributed by atoms with E-state index in [1.165, 1.54) is 5.69 Å². The third-order valence-electron chi connectivity index (χ3n) is 2.50. The molecule has 0 amide bonds. The van der Waals surface area contributed by atoms with E-state index in [2.05, 4.69) is 23.5 Å². The molecule has 1 aromatic heterocycles. The summed E-state index contributed by atoms with van der Waals surface area (Å²) in [5.41, 5.74) is 5.02. The summed E-state index contributed by atoms with van der Waals surface area (Å²) in [5, 5.41) is 4.40. The molecule has 3 N–H and O–H groups in total. The zero-order valence-corrected chi connectivity index (χ0v) is 10.4.